The second kappa shape index (κ2) is 8.28. The Balaban J connectivity index is 0.00000200. The maximum Gasteiger partial charge on any atom is 0.222 e. The number of halogens is 1. The van der Waals surface area contributed by atoms with Crippen molar-refractivity contribution in [2.75, 3.05) is 7.05 Å². The van der Waals surface area contributed by atoms with Crippen LogP contribution in [-0.2, 0) is 11.3 Å². The highest BCUT2D eigenvalue weighted by atomic mass is 35.5. The van der Waals surface area contributed by atoms with Gasteiger partial charge in [0.15, 0.2) is 0 Å². The Labute approximate surface area is 127 Å². The van der Waals surface area contributed by atoms with Gasteiger partial charge in [-0.25, -0.2) is 0 Å². The summed E-state index contributed by atoms with van der Waals surface area (Å²) in [5.41, 5.74) is 7.28. The Morgan fingerprint density at radius 1 is 1.25 bits per heavy atom. The van der Waals surface area contributed by atoms with Crippen molar-refractivity contribution in [2.45, 2.75) is 44.7 Å². The first kappa shape index (κ1) is 17.0. The van der Waals surface area contributed by atoms with Gasteiger partial charge in [0, 0.05) is 26.1 Å². The van der Waals surface area contributed by atoms with Gasteiger partial charge in [0.1, 0.15) is 0 Å². The molecule has 1 saturated carbocycles. The molecule has 1 aliphatic rings. The molecule has 0 aromatic heterocycles. The topological polar surface area (TPSA) is 46.3 Å². The van der Waals surface area contributed by atoms with Gasteiger partial charge in [-0.05, 0) is 24.3 Å². The van der Waals surface area contributed by atoms with Gasteiger partial charge in [0.2, 0.25) is 5.91 Å². The molecule has 0 radical (unpaired) electrons. The molecule has 0 heterocycles. The lowest BCUT2D eigenvalue weighted by atomic mass is 9.83. The fourth-order valence-electron chi connectivity index (χ4n) is 2.82. The smallest absolute Gasteiger partial charge is 0.222 e. The zero-order chi connectivity index (χ0) is 13.7. The summed E-state index contributed by atoms with van der Waals surface area (Å²) in [4.78, 5) is 14.0. The van der Waals surface area contributed by atoms with Crippen molar-refractivity contribution in [3.05, 3.63) is 35.9 Å². The second-order valence-electron chi connectivity index (χ2n) is 5.65. The van der Waals surface area contributed by atoms with Crippen molar-refractivity contribution < 1.29 is 4.79 Å². The van der Waals surface area contributed by atoms with Gasteiger partial charge in [-0.1, -0.05) is 43.2 Å². The molecule has 2 N–H and O–H groups in total. The van der Waals surface area contributed by atoms with Gasteiger partial charge in [0.25, 0.3) is 0 Å². The lowest BCUT2D eigenvalue weighted by Crippen LogP contribution is -2.37. The molecule has 1 aromatic carbocycles. The quantitative estimate of drug-likeness (QED) is 0.928. The average molecular weight is 297 g/mol. The molecule has 3 nitrogen and oxygen atoms in total. The summed E-state index contributed by atoms with van der Waals surface area (Å²) in [6.45, 7) is 0.682. The van der Waals surface area contributed by atoms with Crippen molar-refractivity contribution in [3.63, 3.8) is 0 Å². The van der Waals surface area contributed by atoms with Crippen molar-refractivity contribution in [2.24, 2.45) is 11.7 Å². The average Bonchev–Trinajstić information content (AvgIpc) is 2.42. The van der Waals surface area contributed by atoms with E-state index in [0.717, 1.165) is 12.8 Å². The minimum atomic E-state index is 0. The number of carbonyl (C=O) groups is 1. The third-order valence-corrected chi connectivity index (χ3v) is 4.09. The van der Waals surface area contributed by atoms with Crippen LogP contribution in [0.25, 0.3) is 0 Å². The van der Waals surface area contributed by atoms with Crippen molar-refractivity contribution in [3.8, 4) is 0 Å². The number of nitrogens with zero attached hydrogens (tertiary/aromatic N) is 1. The fraction of sp³-hybridized carbons (Fsp3) is 0.562. The molecule has 0 bridgehead atoms. The van der Waals surface area contributed by atoms with Gasteiger partial charge in [0.05, 0.1) is 0 Å². The first-order valence-electron chi connectivity index (χ1n) is 7.20. The van der Waals surface area contributed by atoms with E-state index in [-0.39, 0.29) is 24.4 Å². The molecule has 112 valence electrons. The highest BCUT2D eigenvalue weighted by Crippen LogP contribution is 2.26. The highest BCUT2D eigenvalue weighted by Gasteiger charge is 2.25. The van der Waals surface area contributed by atoms with Gasteiger partial charge in [-0.15, -0.1) is 12.4 Å². The number of benzene rings is 1. The predicted octanol–water partition coefficient (Wildman–Crippen LogP) is 2.97. The molecule has 1 amide bonds. The summed E-state index contributed by atoms with van der Waals surface area (Å²) >= 11 is 0. The number of carbonyl (C=O) groups excluding carboxylic acids is 1. The van der Waals surface area contributed by atoms with Crippen molar-refractivity contribution in [1.29, 1.82) is 0 Å². The van der Waals surface area contributed by atoms with Crippen LogP contribution in [0, 0.1) is 5.92 Å². The van der Waals surface area contributed by atoms with Crippen LogP contribution in [0.3, 0.4) is 0 Å². The Hall–Kier alpha value is -1.06. The highest BCUT2D eigenvalue weighted by molar-refractivity contribution is 5.85. The van der Waals surface area contributed by atoms with E-state index in [1.54, 1.807) is 0 Å². The number of amides is 1. The van der Waals surface area contributed by atoms with E-state index in [9.17, 15) is 4.79 Å². The zero-order valence-corrected chi connectivity index (χ0v) is 12.9. The molecule has 0 aliphatic heterocycles. The fourth-order valence-corrected chi connectivity index (χ4v) is 2.82. The van der Waals surface area contributed by atoms with Crippen molar-refractivity contribution in [1.82, 2.24) is 4.90 Å². The number of hydrogen-bond donors (Lipinski definition) is 1. The van der Waals surface area contributed by atoms with Gasteiger partial charge in [-0.3, -0.25) is 4.79 Å². The van der Waals surface area contributed by atoms with Crippen LogP contribution in [0.1, 0.15) is 37.7 Å². The summed E-state index contributed by atoms with van der Waals surface area (Å²) in [6, 6.07) is 10.3. The van der Waals surface area contributed by atoms with E-state index in [0.29, 0.717) is 18.9 Å². The largest absolute Gasteiger partial charge is 0.341 e. The summed E-state index contributed by atoms with van der Waals surface area (Å²) < 4.78 is 0. The van der Waals surface area contributed by atoms with Crippen LogP contribution in [-0.4, -0.2) is 23.9 Å². The first-order chi connectivity index (χ1) is 9.16. The van der Waals surface area contributed by atoms with Crippen LogP contribution in [0.15, 0.2) is 30.3 Å². The third kappa shape index (κ3) is 4.80. The maximum absolute atomic E-state index is 12.2. The molecule has 1 fully saturated rings. The normalized spacial score (nSPS) is 21.9. The SMILES string of the molecule is CN(Cc1ccccc1)C(=O)CC1CCCCC1N.Cl. The van der Waals surface area contributed by atoms with Gasteiger partial charge < -0.3 is 10.6 Å². The summed E-state index contributed by atoms with van der Waals surface area (Å²) in [5.74, 6) is 0.589. The summed E-state index contributed by atoms with van der Waals surface area (Å²) in [7, 11) is 1.88. The third-order valence-electron chi connectivity index (χ3n) is 4.09. The van der Waals surface area contributed by atoms with E-state index < -0.39 is 0 Å². The van der Waals surface area contributed by atoms with E-state index in [1.807, 2.05) is 30.1 Å². The monoisotopic (exact) mass is 296 g/mol. The van der Waals surface area contributed by atoms with E-state index in [4.69, 9.17) is 5.73 Å². The minimum Gasteiger partial charge on any atom is -0.341 e. The second-order valence-corrected chi connectivity index (χ2v) is 5.65. The lowest BCUT2D eigenvalue weighted by Gasteiger charge is -2.29. The molecule has 4 heteroatoms. The molecule has 2 rings (SSSR count). The van der Waals surface area contributed by atoms with E-state index >= 15 is 0 Å². The number of hydrogen-bond acceptors (Lipinski definition) is 2. The van der Waals surface area contributed by atoms with Crippen LogP contribution in [0.5, 0.6) is 0 Å². The molecular weight excluding hydrogens is 272 g/mol. The molecule has 2 atom stereocenters. The molecular formula is C16H25ClN2O. The Morgan fingerprint density at radius 3 is 2.55 bits per heavy atom. The summed E-state index contributed by atoms with van der Waals surface area (Å²) in [5, 5.41) is 0. The molecule has 0 saturated heterocycles. The molecule has 1 aromatic rings. The molecule has 20 heavy (non-hydrogen) atoms. The lowest BCUT2D eigenvalue weighted by molar-refractivity contribution is -0.131. The van der Waals surface area contributed by atoms with Crippen LogP contribution < -0.4 is 5.73 Å². The molecule has 2 unspecified atom stereocenters. The maximum atomic E-state index is 12.2. The van der Waals surface area contributed by atoms with Crippen molar-refractivity contribution >= 4 is 18.3 Å². The van der Waals surface area contributed by atoms with Crippen LogP contribution >= 0.6 is 12.4 Å². The predicted molar refractivity (Wildman–Crippen MR) is 84.7 cm³/mol. The number of nitrogens with two attached hydrogens (primary N) is 1. The van der Waals surface area contributed by atoms with Gasteiger partial charge in [-0.2, -0.15) is 0 Å². The summed E-state index contributed by atoms with van der Waals surface area (Å²) in [6.07, 6.45) is 5.21. The van der Waals surface area contributed by atoms with Crippen LogP contribution in [0.4, 0.5) is 0 Å². The Morgan fingerprint density at radius 2 is 1.90 bits per heavy atom. The van der Waals surface area contributed by atoms with E-state index in [2.05, 4.69) is 12.1 Å². The van der Waals surface area contributed by atoms with Gasteiger partial charge >= 0.3 is 0 Å². The Kier molecular flexibility index (Phi) is 7.03. The Bertz CT molecular complexity index is 410. The zero-order valence-electron chi connectivity index (χ0n) is 12.1. The minimum absolute atomic E-state index is 0. The van der Waals surface area contributed by atoms with Crippen LogP contribution in [0.2, 0.25) is 0 Å². The molecule has 1 aliphatic carbocycles. The number of rotatable bonds is 4. The first-order valence-corrected chi connectivity index (χ1v) is 7.20. The van der Waals surface area contributed by atoms with E-state index in [1.165, 1.54) is 18.4 Å². The molecule has 0 spiro atoms. The standard InChI is InChI=1S/C16H24N2O.ClH/c1-18(12-13-7-3-2-4-8-13)16(19)11-14-9-5-6-10-15(14)17;/h2-4,7-8,14-15H,5-6,9-12,17H2,1H3;1H.